The summed E-state index contributed by atoms with van der Waals surface area (Å²) in [5.41, 5.74) is 1.10. The molecule has 156 valence electrons. The molecule has 31 heavy (non-hydrogen) atoms. The van der Waals surface area contributed by atoms with Crippen LogP contribution in [0.15, 0.2) is 61.1 Å². The van der Waals surface area contributed by atoms with Crippen LogP contribution in [0.2, 0.25) is 0 Å². The molecule has 1 aromatic heterocycles. The fourth-order valence-electron chi connectivity index (χ4n) is 4.02. The minimum absolute atomic E-state index is 0.0239. The number of piperidine rings is 1. The zero-order chi connectivity index (χ0) is 21.8. The van der Waals surface area contributed by atoms with Crippen LogP contribution in [0.3, 0.4) is 0 Å². The van der Waals surface area contributed by atoms with Crippen LogP contribution in [-0.4, -0.2) is 33.9 Å². The topological polar surface area (TPSA) is 69.9 Å². The molecule has 0 aliphatic carbocycles. The van der Waals surface area contributed by atoms with E-state index in [2.05, 4.69) is 16.0 Å². The predicted molar refractivity (Wildman–Crippen MR) is 111 cm³/mol. The van der Waals surface area contributed by atoms with Gasteiger partial charge in [0.05, 0.1) is 22.7 Å². The average molecular weight is 418 g/mol. The number of halogens is 2. The van der Waals surface area contributed by atoms with Crippen molar-refractivity contribution in [2.24, 2.45) is 5.41 Å². The van der Waals surface area contributed by atoms with Gasteiger partial charge in [-0.25, -0.2) is 18.7 Å². The van der Waals surface area contributed by atoms with Crippen molar-refractivity contribution in [3.8, 4) is 17.3 Å². The normalized spacial score (nSPS) is 15.3. The molecule has 0 bridgehead atoms. The monoisotopic (exact) mass is 418 g/mol. The molecule has 0 radical (unpaired) electrons. The second kappa shape index (κ2) is 8.60. The van der Waals surface area contributed by atoms with E-state index in [1.807, 2.05) is 0 Å². The van der Waals surface area contributed by atoms with Crippen molar-refractivity contribution in [2.75, 3.05) is 13.1 Å². The summed E-state index contributed by atoms with van der Waals surface area (Å²) in [4.78, 5) is 22.8. The summed E-state index contributed by atoms with van der Waals surface area (Å²) in [6, 6.07) is 14.6. The van der Waals surface area contributed by atoms with E-state index >= 15 is 0 Å². The molecular weight excluding hydrogens is 398 g/mol. The van der Waals surface area contributed by atoms with Gasteiger partial charge in [-0.2, -0.15) is 5.26 Å². The molecule has 0 atom stereocenters. The van der Waals surface area contributed by atoms with Crippen LogP contribution in [0.25, 0.3) is 11.3 Å². The number of nitrogens with zero attached hydrogens (tertiary/aromatic N) is 4. The van der Waals surface area contributed by atoms with Gasteiger partial charge in [0.1, 0.15) is 18.0 Å². The van der Waals surface area contributed by atoms with Gasteiger partial charge >= 0.3 is 0 Å². The Morgan fingerprint density at radius 2 is 1.84 bits per heavy atom. The number of benzene rings is 2. The lowest BCUT2D eigenvalue weighted by atomic mass is 9.75. The highest BCUT2D eigenvalue weighted by Gasteiger charge is 2.37. The minimum atomic E-state index is -0.640. The summed E-state index contributed by atoms with van der Waals surface area (Å²) in [5.74, 6) is -1.34. The number of nitriles is 1. The molecule has 0 unspecified atom stereocenters. The van der Waals surface area contributed by atoms with Crippen LogP contribution in [-0.2, 0) is 6.42 Å². The third-order valence-corrected chi connectivity index (χ3v) is 5.79. The van der Waals surface area contributed by atoms with E-state index in [1.54, 1.807) is 41.4 Å². The standard InChI is InChI=1S/C24H20F2N4O/c25-18-6-4-17(5-7-18)14-24(15-27)9-12-30(13-10-24)23(31)22-19(2-1-3-20(22)26)21-8-11-28-16-29-21/h1-8,11,16H,9-10,12-14H2. The molecule has 2 heterocycles. The quantitative estimate of drug-likeness (QED) is 0.629. The van der Waals surface area contributed by atoms with Crippen LogP contribution in [0, 0.1) is 28.4 Å². The molecule has 0 N–H and O–H groups in total. The van der Waals surface area contributed by atoms with Gasteiger partial charge in [0.2, 0.25) is 0 Å². The highest BCUT2D eigenvalue weighted by atomic mass is 19.1. The first-order chi connectivity index (χ1) is 15.0. The first kappa shape index (κ1) is 20.6. The first-order valence-corrected chi connectivity index (χ1v) is 10.0. The van der Waals surface area contributed by atoms with Crippen molar-refractivity contribution in [3.05, 3.63) is 83.8 Å². The largest absolute Gasteiger partial charge is 0.338 e. The van der Waals surface area contributed by atoms with Crippen LogP contribution >= 0.6 is 0 Å². The number of hydrogen-bond donors (Lipinski definition) is 0. The molecule has 7 heteroatoms. The van der Waals surface area contributed by atoms with Crippen molar-refractivity contribution in [3.63, 3.8) is 0 Å². The van der Waals surface area contributed by atoms with E-state index in [0.717, 1.165) is 5.56 Å². The Morgan fingerprint density at radius 3 is 2.48 bits per heavy atom. The molecule has 2 aromatic carbocycles. The molecule has 1 aliphatic heterocycles. The van der Waals surface area contributed by atoms with Gasteiger partial charge in [0.25, 0.3) is 5.91 Å². The average Bonchev–Trinajstić information content (AvgIpc) is 2.81. The number of aromatic nitrogens is 2. The van der Waals surface area contributed by atoms with Crippen molar-refractivity contribution in [1.82, 2.24) is 14.9 Å². The number of amides is 1. The lowest BCUT2D eigenvalue weighted by Gasteiger charge is -2.37. The van der Waals surface area contributed by atoms with Gasteiger partial charge in [0, 0.05) is 24.8 Å². The fraction of sp³-hybridized carbons (Fsp3) is 0.250. The summed E-state index contributed by atoms with van der Waals surface area (Å²) in [7, 11) is 0. The van der Waals surface area contributed by atoms with Gasteiger partial charge in [-0.1, -0.05) is 24.3 Å². The van der Waals surface area contributed by atoms with Crippen LogP contribution in [0.1, 0.15) is 28.8 Å². The summed E-state index contributed by atoms with van der Waals surface area (Å²) < 4.78 is 27.9. The van der Waals surface area contributed by atoms with Gasteiger partial charge in [-0.05, 0) is 49.1 Å². The van der Waals surface area contributed by atoms with Crippen molar-refractivity contribution in [1.29, 1.82) is 5.26 Å². The second-order valence-corrected chi connectivity index (χ2v) is 7.74. The molecular formula is C24H20F2N4O. The zero-order valence-corrected chi connectivity index (χ0v) is 16.8. The molecule has 0 spiro atoms. The van der Waals surface area contributed by atoms with E-state index in [4.69, 9.17) is 0 Å². The van der Waals surface area contributed by atoms with Crippen molar-refractivity contribution < 1.29 is 13.6 Å². The fourth-order valence-corrected chi connectivity index (χ4v) is 4.02. The zero-order valence-electron chi connectivity index (χ0n) is 16.8. The Balaban J connectivity index is 1.54. The third kappa shape index (κ3) is 4.29. The number of carbonyl (C=O) groups is 1. The minimum Gasteiger partial charge on any atom is -0.338 e. The van der Waals surface area contributed by atoms with Gasteiger partial charge < -0.3 is 4.90 Å². The van der Waals surface area contributed by atoms with Crippen molar-refractivity contribution >= 4 is 5.91 Å². The summed E-state index contributed by atoms with van der Waals surface area (Å²) in [6.45, 7) is 0.677. The Bertz CT molecular complexity index is 1120. The number of hydrogen-bond acceptors (Lipinski definition) is 4. The highest BCUT2D eigenvalue weighted by Crippen LogP contribution is 2.36. The molecule has 1 saturated heterocycles. The summed E-state index contributed by atoms with van der Waals surface area (Å²) in [6.07, 6.45) is 4.30. The third-order valence-electron chi connectivity index (χ3n) is 5.79. The molecule has 4 rings (SSSR count). The Morgan fingerprint density at radius 1 is 1.10 bits per heavy atom. The highest BCUT2D eigenvalue weighted by molar-refractivity contribution is 6.00. The van der Waals surface area contributed by atoms with E-state index in [1.165, 1.54) is 24.5 Å². The molecule has 3 aromatic rings. The van der Waals surface area contributed by atoms with Crippen LogP contribution in [0.4, 0.5) is 8.78 Å². The second-order valence-electron chi connectivity index (χ2n) is 7.74. The predicted octanol–water partition coefficient (Wildman–Crippen LogP) is 4.41. The maximum absolute atomic E-state index is 14.7. The molecule has 5 nitrogen and oxygen atoms in total. The molecule has 0 saturated carbocycles. The summed E-state index contributed by atoms with van der Waals surface area (Å²) in [5, 5.41) is 9.83. The lowest BCUT2D eigenvalue weighted by molar-refractivity contribution is 0.0643. The molecule has 1 amide bonds. The van der Waals surface area contributed by atoms with Gasteiger partial charge in [0.15, 0.2) is 0 Å². The maximum atomic E-state index is 14.7. The number of likely N-dealkylation sites (tertiary alicyclic amines) is 1. The van der Waals surface area contributed by atoms with Crippen molar-refractivity contribution in [2.45, 2.75) is 19.3 Å². The van der Waals surface area contributed by atoms with Crippen LogP contribution in [0.5, 0.6) is 0 Å². The maximum Gasteiger partial charge on any atom is 0.257 e. The van der Waals surface area contributed by atoms with E-state index < -0.39 is 17.1 Å². The smallest absolute Gasteiger partial charge is 0.257 e. The Kier molecular flexibility index (Phi) is 5.72. The van der Waals surface area contributed by atoms with Gasteiger partial charge in [-0.15, -0.1) is 0 Å². The van der Waals surface area contributed by atoms with E-state index in [9.17, 15) is 18.8 Å². The molecule has 1 aliphatic rings. The lowest BCUT2D eigenvalue weighted by Crippen LogP contribution is -2.44. The van der Waals surface area contributed by atoms with E-state index in [0.29, 0.717) is 43.6 Å². The molecule has 1 fully saturated rings. The van der Waals surface area contributed by atoms with Crippen LogP contribution < -0.4 is 0 Å². The Labute approximate surface area is 179 Å². The van der Waals surface area contributed by atoms with E-state index in [-0.39, 0.29) is 11.4 Å². The van der Waals surface area contributed by atoms with Gasteiger partial charge in [-0.3, -0.25) is 4.79 Å². The summed E-state index contributed by atoms with van der Waals surface area (Å²) >= 11 is 0. The number of carbonyl (C=O) groups excluding carboxylic acids is 1. The Hall–Kier alpha value is -3.66. The first-order valence-electron chi connectivity index (χ1n) is 10.0. The SMILES string of the molecule is N#CC1(Cc2ccc(F)cc2)CCN(C(=O)c2c(F)cccc2-c2ccncn2)CC1. The number of rotatable bonds is 4.